The van der Waals surface area contributed by atoms with Crippen LogP contribution in [-0.2, 0) is 0 Å². The summed E-state index contributed by atoms with van der Waals surface area (Å²) in [6.45, 7) is 0. The molecule has 4 nitrogen and oxygen atoms in total. The van der Waals surface area contributed by atoms with E-state index >= 15 is 0 Å². The summed E-state index contributed by atoms with van der Waals surface area (Å²) in [5, 5.41) is 3.09. The van der Waals surface area contributed by atoms with E-state index in [1.807, 2.05) is 30.3 Å². The molecular formula is C17H17NO3. The van der Waals surface area contributed by atoms with Crippen molar-refractivity contribution >= 4 is 18.0 Å². The van der Waals surface area contributed by atoms with Crippen molar-refractivity contribution in [2.24, 2.45) is 0 Å². The summed E-state index contributed by atoms with van der Waals surface area (Å²) >= 11 is 0. The van der Waals surface area contributed by atoms with Crippen LogP contribution in [0, 0.1) is 0 Å². The summed E-state index contributed by atoms with van der Waals surface area (Å²) < 4.78 is 10.2. The minimum absolute atomic E-state index is 0.550. The molecule has 0 saturated carbocycles. The zero-order chi connectivity index (χ0) is 15.1. The quantitative estimate of drug-likeness (QED) is 0.823. The predicted molar refractivity (Wildman–Crippen MR) is 84.0 cm³/mol. The van der Waals surface area contributed by atoms with E-state index < -0.39 is 0 Å². The van der Waals surface area contributed by atoms with Gasteiger partial charge in [-0.3, -0.25) is 4.79 Å². The first-order valence-corrected chi connectivity index (χ1v) is 6.47. The molecule has 0 bridgehead atoms. The van der Waals surface area contributed by atoms with Gasteiger partial charge in [0.2, 0.25) is 0 Å². The largest absolute Gasteiger partial charge is 0.497 e. The van der Waals surface area contributed by atoms with Crippen LogP contribution in [0.4, 0.5) is 5.69 Å². The van der Waals surface area contributed by atoms with Gasteiger partial charge in [0.25, 0.3) is 0 Å². The van der Waals surface area contributed by atoms with Gasteiger partial charge in [0, 0.05) is 17.5 Å². The lowest BCUT2D eigenvalue weighted by molar-refractivity contribution is 0.112. The van der Waals surface area contributed by atoms with E-state index in [-0.39, 0.29) is 0 Å². The number of rotatable bonds is 6. The molecule has 0 heterocycles. The van der Waals surface area contributed by atoms with E-state index in [0.29, 0.717) is 11.3 Å². The molecule has 2 rings (SSSR count). The van der Waals surface area contributed by atoms with E-state index in [1.54, 1.807) is 38.6 Å². The molecule has 0 amide bonds. The number of carbonyl (C=O) groups excluding carboxylic acids is 1. The molecule has 21 heavy (non-hydrogen) atoms. The van der Waals surface area contributed by atoms with Gasteiger partial charge in [0.15, 0.2) is 6.29 Å². The van der Waals surface area contributed by atoms with Crippen molar-refractivity contribution in [3.05, 3.63) is 59.8 Å². The zero-order valence-electron chi connectivity index (χ0n) is 12.0. The van der Waals surface area contributed by atoms with Gasteiger partial charge < -0.3 is 14.8 Å². The first-order valence-electron chi connectivity index (χ1n) is 6.47. The maximum atomic E-state index is 11.1. The highest BCUT2D eigenvalue weighted by molar-refractivity contribution is 5.85. The summed E-state index contributed by atoms with van der Waals surface area (Å²) in [6, 6.07) is 13.0. The summed E-state index contributed by atoms with van der Waals surface area (Å²) in [7, 11) is 3.21. The lowest BCUT2D eigenvalue weighted by Crippen LogP contribution is -1.94. The monoisotopic (exact) mass is 283 g/mol. The average Bonchev–Trinajstić information content (AvgIpc) is 2.55. The average molecular weight is 283 g/mol. The van der Waals surface area contributed by atoms with Crippen LogP contribution in [0.2, 0.25) is 0 Å². The summed E-state index contributed by atoms with van der Waals surface area (Å²) in [6.07, 6.45) is 4.50. The third-order valence-corrected chi connectivity index (χ3v) is 3.02. The fraction of sp³-hybridized carbons (Fsp3) is 0.118. The first-order chi connectivity index (χ1) is 10.3. The highest BCUT2D eigenvalue weighted by Crippen LogP contribution is 2.20. The van der Waals surface area contributed by atoms with Crippen LogP contribution >= 0.6 is 0 Å². The van der Waals surface area contributed by atoms with Crippen molar-refractivity contribution < 1.29 is 14.3 Å². The number of hydrogen-bond donors (Lipinski definition) is 1. The number of methoxy groups -OCH3 is 2. The number of ether oxygens (including phenoxy) is 2. The van der Waals surface area contributed by atoms with E-state index in [1.165, 1.54) is 0 Å². The standard InChI is InChI=1S/C17H17NO3/c1-20-15-5-3-13(4-6-15)9-10-18-17-8-7-16(21-2)11-14(17)12-19/h3-12,18H,1-2H3/b10-9+. The molecule has 0 aromatic heterocycles. The molecule has 0 radical (unpaired) electrons. The predicted octanol–water partition coefficient (Wildman–Crippen LogP) is 3.60. The molecule has 0 fully saturated rings. The summed E-state index contributed by atoms with van der Waals surface area (Å²) in [5.41, 5.74) is 2.31. The van der Waals surface area contributed by atoms with Crippen LogP contribution in [-0.4, -0.2) is 20.5 Å². The highest BCUT2D eigenvalue weighted by Gasteiger charge is 2.01. The normalized spacial score (nSPS) is 10.4. The maximum Gasteiger partial charge on any atom is 0.152 e. The molecule has 4 heteroatoms. The number of anilines is 1. The molecule has 2 aromatic rings. The third-order valence-electron chi connectivity index (χ3n) is 3.02. The Morgan fingerprint density at radius 3 is 2.24 bits per heavy atom. The Labute approximate surface area is 124 Å². The lowest BCUT2D eigenvalue weighted by Gasteiger charge is -2.06. The maximum absolute atomic E-state index is 11.1. The van der Waals surface area contributed by atoms with Gasteiger partial charge in [0.05, 0.1) is 14.2 Å². The van der Waals surface area contributed by atoms with Gasteiger partial charge in [-0.05, 0) is 42.0 Å². The van der Waals surface area contributed by atoms with Crippen LogP contribution in [0.25, 0.3) is 6.08 Å². The Morgan fingerprint density at radius 1 is 0.952 bits per heavy atom. The Bertz CT molecular complexity index is 633. The van der Waals surface area contributed by atoms with Crippen LogP contribution in [0.3, 0.4) is 0 Å². The Balaban J connectivity index is 2.07. The minimum atomic E-state index is 0.550. The number of hydrogen-bond acceptors (Lipinski definition) is 4. The third kappa shape index (κ3) is 3.86. The SMILES string of the molecule is COc1ccc(/C=C/Nc2ccc(OC)cc2C=O)cc1. The van der Waals surface area contributed by atoms with Gasteiger partial charge in [-0.25, -0.2) is 0 Å². The fourth-order valence-electron chi connectivity index (χ4n) is 1.84. The lowest BCUT2D eigenvalue weighted by atomic mass is 10.2. The Morgan fingerprint density at radius 2 is 1.62 bits per heavy atom. The molecule has 1 N–H and O–H groups in total. The van der Waals surface area contributed by atoms with Crippen molar-refractivity contribution in [3.63, 3.8) is 0 Å². The molecule has 0 atom stereocenters. The van der Waals surface area contributed by atoms with E-state index in [9.17, 15) is 4.79 Å². The molecule has 0 unspecified atom stereocenters. The van der Waals surface area contributed by atoms with E-state index in [4.69, 9.17) is 9.47 Å². The van der Waals surface area contributed by atoms with Gasteiger partial charge in [-0.15, -0.1) is 0 Å². The number of nitrogens with one attached hydrogen (secondary N) is 1. The number of aldehydes is 1. The second kappa shape index (κ2) is 7.14. The smallest absolute Gasteiger partial charge is 0.152 e. The van der Waals surface area contributed by atoms with Crippen molar-refractivity contribution in [1.82, 2.24) is 0 Å². The summed E-state index contributed by atoms with van der Waals surface area (Å²) in [4.78, 5) is 11.1. The molecule has 0 aliphatic carbocycles. The van der Waals surface area contributed by atoms with E-state index in [0.717, 1.165) is 23.3 Å². The van der Waals surface area contributed by atoms with Gasteiger partial charge in [0.1, 0.15) is 11.5 Å². The van der Waals surface area contributed by atoms with Gasteiger partial charge in [-0.2, -0.15) is 0 Å². The summed E-state index contributed by atoms with van der Waals surface area (Å²) in [5.74, 6) is 1.47. The van der Waals surface area contributed by atoms with Crippen LogP contribution < -0.4 is 14.8 Å². The molecule has 0 spiro atoms. The second-order valence-corrected chi connectivity index (χ2v) is 4.32. The molecule has 2 aromatic carbocycles. The molecule has 0 aliphatic heterocycles. The van der Waals surface area contributed by atoms with Crippen molar-refractivity contribution in [2.45, 2.75) is 0 Å². The first kappa shape index (κ1) is 14.7. The van der Waals surface area contributed by atoms with Crippen LogP contribution in [0.5, 0.6) is 11.5 Å². The number of benzene rings is 2. The van der Waals surface area contributed by atoms with Crippen molar-refractivity contribution in [1.29, 1.82) is 0 Å². The topological polar surface area (TPSA) is 47.6 Å². The molecular weight excluding hydrogens is 266 g/mol. The highest BCUT2D eigenvalue weighted by atomic mass is 16.5. The van der Waals surface area contributed by atoms with Crippen molar-refractivity contribution in [3.8, 4) is 11.5 Å². The number of carbonyl (C=O) groups is 1. The van der Waals surface area contributed by atoms with E-state index in [2.05, 4.69) is 5.32 Å². The molecule has 0 saturated heterocycles. The fourth-order valence-corrected chi connectivity index (χ4v) is 1.84. The van der Waals surface area contributed by atoms with Crippen LogP contribution in [0.1, 0.15) is 15.9 Å². The van der Waals surface area contributed by atoms with Crippen LogP contribution in [0.15, 0.2) is 48.7 Å². The Kier molecular flexibility index (Phi) is 4.99. The van der Waals surface area contributed by atoms with Gasteiger partial charge >= 0.3 is 0 Å². The van der Waals surface area contributed by atoms with Crippen molar-refractivity contribution in [2.75, 3.05) is 19.5 Å². The Hall–Kier alpha value is -2.75. The molecule has 108 valence electrons. The zero-order valence-corrected chi connectivity index (χ0v) is 12.0. The minimum Gasteiger partial charge on any atom is -0.497 e. The second-order valence-electron chi connectivity index (χ2n) is 4.32. The van der Waals surface area contributed by atoms with Gasteiger partial charge in [-0.1, -0.05) is 12.1 Å². The molecule has 0 aliphatic rings.